The maximum Gasteiger partial charge on any atom is 0.0406 e. The first kappa shape index (κ1) is 15.0. The summed E-state index contributed by atoms with van der Waals surface area (Å²) in [5.41, 5.74) is 1.32. The summed E-state index contributed by atoms with van der Waals surface area (Å²) in [6.45, 7) is 3.14. The van der Waals surface area contributed by atoms with Crippen LogP contribution in [0.25, 0.3) is 0 Å². The highest BCUT2D eigenvalue weighted by atomic mass is 79.9. The molecule has 1 aromatic carbocycles. The molecule has 0 aliphatic carbocycles. The Kier molecular flexibility index (Phi) is 5.89. The molecule has 1 N–H and O–H groups in total. The minimum absolute atomic E-state index is 0.469. The van der Waals surface area contributed by atoms with Gasteiger partial charge in [0.15, 0.2) is 0 Å². The van der Waals surface area contributed by atoms with E-state index in [9.17, 15) is 0 Å². The Bertz CT molecular complexity index is 509. The lowest BCUT2D eigenvalue weighted by Gasteiger charge is -2.17. The molecule has 1 heterocycles. The molecule has 4 heteroatoms. The maximum atomic E-state index is 5.92. The van der Waals surface area contributed by atoms with Crippen LogP contribution in [0.4, 0.5) is 0 Å². The van der Waals surface area contributed by atoms with Crippen molar-refractivity contribution in [3.05, 3.63) is 55.6 Å². The molecule has 19 heavy (non-hydrogen) atoms. The van der Waals surface area contributed by atoms with Gasteiger partial charge in [0, 0.05) is 25.8 Å². The van der Waals surface area contributed by atoms with E-state index in [2.05, 4.69) is 51.7 Å². The van der Waals surface area contributed by atoms with Crippen molar-refractivity contribution in [3.8, 4) is 0 Å². The van der Waals surface area contributed by atoms with E-state index in [1.807, 2.05) is 23.5 Å². The zero-order valence-electron chi connectivity index (χ0n) is 10.8. The highest BCUT2D eigenvalue weighted by Gasteiger charge is 2.11. The predicted molar refractivity (Wildman–Crippen MR) is 88.3 cm³/mol. The van der Waals surface area contributed by atoms with Gasteiger partial charge in [-0.25, -0.2) is 0 Å². The van der Waals surface area contributed by atoms with Gasteiger partial charge >= 0.3 is 0 Å². The molecule has 1 nitrogen and oxygen atoms in total. The molecule has 1 unspecified atom stereocenters. The lowest BCUT2D eigenvalue weighted by atomic mass is 10.0. The van der Waals surface area contributed by atoms with Gasteiger partial charge in [-0.3, -0.25) is 0 Å². The smallest absolute Gasteiger partial charge is 0.0406 e. The van der Waals surface area contributed by atoms with Crippen molar-refractivity contribution < 1.29 is 0 Å². The summed E-state index contributed by atoms with van der Waals surface area (Å²) in [6.07, 6.45) is 2.09. The molecule has 0 saturated heterocycles. The first-order chi connectivity index (χ1) is 9.17. The molecule has 0 aliphatic rings. The molecule has 1 atom stereocenters. The second-order valence-electron chi connectivity index (χ2n) is 4.52. The number of likely N-dealkylation sites (N-methyl/N-ethyl adjacent to an activating group) is 1. The number of hydrogen-bond acceptors (Lipinski definition) is 2. The van der Waals surface area contributed by atoms with Crippen molar-refractivity contribution in [1.82, 2.24) is 5.32 Å². The number of benzene rings is 1. The van der Waals surface area contributed by atoms with Crippen LogP contribution >= 0.6 is 38.9 Å². The Morgan fingerprint density at radius 2 is 2.00 bits per heavy atom. The van der Waals surface area contributed by atoms with Crippen molar-refractivity contribution in [3.63, 3.8) is 0 Å². The van der Waals surface area contributed by atoms with E-state index >= 15 is 0 Å². The summed E-state index contributed by atoms with van der Waals surface area (Å²) < 4.78 is 1.18. The Labute approximate surface area is 132 Å². The van der Waals surface area contributed by atoms with E-state index in [1.54, 1.807) is 0 Å². The molecular weight excluding hydrogens is 342 g/mol. The number of rotatable bonds is 6. The minimum Gasteiger partial charge on any atom is -0.314 e. The molecule has 2 aromatic rings. The van der Waals surface area contributed by atoms with Crippen molar-refractivity contribution in [2.45, 2.75) is 25.8 Å². The van der Waals surface area contributed by atoms with E-state index in [1.165, 1.54) is 14.9 Å². The van der Waals surface area contributed by atoms with E-state index in [-0.39, 0.29) is 0 Å². The third-order valence-electron chi connectivity index (χ3n) is 2.96. The molecule has 0 bridgehead atoms. The van der Waals surface area contributed by atoms with E-state index < -0.39 is 0 Å². The van der Waals surface area contributed by atoms with Crippen molar-refractivity contribution in [1.29, 1.82) is 0 Å². The highest BCUT2D eigenvalue weighted by Crippen LogP contribution is 2.22. The van der Waals surface area contributed by atoms with E-state index in [4.69, 9.17) is 11.6 Å². The molecule has 2 rings (SSSR count). The molecule has 1 aromatic heterocycles. The number of hydrogen-bond donors (Lipinski definition) is 1. The van der Waals surface area contributed by atoms with Crippen LogP contribution in [0.1, 0.15) is 17.4 Å². The van der Waals surface area contributed by atoms with E-state index in [0.717, 1.165) is 24.4 Å². The monoisotopic (exact) mass is 357 g/mol. The van der Waals surface area contributed by atoms with Crippen LogP contribution in [0.15, 0.2) is 40.2 Å². The molecule has 0 amide bonds. The van der Waals surface area contributed by atoms with Crippen LogP contribution in [0.5, 0.6) is 0 Å². The van der Waals surface area contributed by atoms with Crippen LogP contribution in [-0.2, 0) is 12.8 Å². The Morgan fingerprint density at radius 1 is 1.26 bits per heavy atom. The Hall–Kier alpha value is -0.350. The van der Waals surface area contributed by atoms with Gasteiger partial charge in [-0.15, -0.1) is 11.3 Å². The fourth-order valence-electron chi connectivity index (χ4n) is 2.11. The fourth-order valence-corrected chi connectivity index (χ4v) is 3.77. The predicted octanol–water partition coefficient (Wildman–Crippen LogP) is 4.93. The average molecular weight is 359 g/mol. The summed E-state index contributed by atoms with van der Waals surface area (Å²) in [4.78, 5) is 1.41. The van der Waals surface area contributed by atoms with Crippen molar-refractivity contribution >= 4 is 38.9 Å². The molecular formula is C15H17BrClNS. The number of nitrogens with one attached hydrogen (secondary N) is 1. The number of halogens is 2. The minimum atomic E-state index is 0.469. The Balaban J connectivity index is 2.01. The molecule has 0 radical (unpaired) electrons. The highest BCUT2D eigenvalue weighted by molar-refractivity contribution is 9.10. The van der Waals surface area contributed by atoms with Crippen LogP contribution in [-0.4, -0.2) is 12.6 Å². The maximum absolute atomic E-state index is 5.92. The van der Waals surface area contributed by atoms with Crippen LogP contribution in [0.3, 0.4) is 0 Å². The van der Waals surface area contributed by atoms with Crippen molar-refractivity contribution in [2.75, 3.05) is 6.54 Å². The van der Waals surface area contributed by atoms with E-state index in [0.29, 0.717) is 6.04 Å². The third-order valence-corrected chi connectivity index (χ3v) is 4.93. The number of thiophene rings is 1. The van der Waals surface area contributed by atoms with Crippen molar-refractivity contribution in [2.24, 2.45) is 0 Å². The van der Waals surface area contributed by atoms with Gasteiger partial charge < -0.3 is 5.32 Å². The summed E-state index contributed by atoms with van der Waals surface area (Å²) in [7, 11) is 0. The quantitative estimate of drug-likeness (QED) is 0.772. The lowest BCUT2D eigenvalue weighted by molar-refractivity contribution is 0.524. The summed E-state index contributed by atoms with van der Waals surface area (Å²) in [6, 6.07) is 10.8. The third kappa shape index (κ3) is 4.92. The average Bonchev–Trinajstić information content (AvgIpc) is 2.78. The molecule has 0 spiro atoms. The van der Waals surface area contributed by atoms with Crippen LogP contribution < -0.4 is 5.32 Å². The fraction of sp³-hybridized carbons (Fsp3) is 0.333. The van der Waals surface area contributed by atoms with Gasteiger partial charge in [-0.05, 0) is 59.1 Å². The molecule has 0 aliphatic heterocycles. The Morgan fingerprint density at radius 3 is 2.58 bits per heavy atom. The molecule has 102 valence electrons. The summed E-state index contributed by atoms with van der Waals surface area (Å²) in [5, 5.41) is 6.50. The lowest BCUT2D eigenvalue weighted by Crippen LogP contribution is -2.32. The first-order valence-electron chi connectivity index (χ1n) is 6.38. The van der Waals surface area contributed by atoms with Gasteiger partial charge in [-0.1, -0.05) is 30.7 Å². The standard InChI is InChI=1S/C15H17BrClNS/c1-2-18-14(9-15-8-12(16)10-19-15)7-11-3-5-13(17)6-4-11/h3-6,8,10,14,18H,2,7,9H2,1H3. The van der Waals surface area contributed by atoms with Gasteiger partial charge in [0.25, 0.3) is 0 Å². The molecule has 0 fully saturated rings. The van der Waals surface area contributed by atoms with Gasteiger partial charge in [0.2, 0.25) is 0 Å². The largest absolute Gasteiger partial charge is 0.314 e. The van der Waals surface area contributed by atoms with Gasteiger partial charge in [0.1, 0.15) is 0 Å². The second-order valence-corrected chi connectivity index (χ2v) is 6.87. The SMILES string of the molecule is CCNC(Cc1ccc(Cl)cc1)Cc1cc(Br)cs1. The molecule has 0 saturated carbocycles. The summed E-state index contributed by atoms with van der Waals surface area (Å²) in [5.74, 6) is 0. The zero-order valence-corrected chi connectivity index (χ0v) is 14.0. The topological polar surface area (TPSA) is 12.0 Å². The first-order valence-corrected chi connectivity index (χ1v) is 8.43. The zero-order chi connectivity index (χ0) is 13.7. The van der Waals surface area contributed by atoms with Gasteiger partial charge in [-0.2, -0.15) is 0 Å². The summed E-state index contributed by atoms with van der Waals surface area (Å²) >= 11 is 11.2. The van der Waals surface area contributed by atoms with Crippen LogP contribution in [0.2, 0.25) is 5.02 Å². The van der Waals surface area contributed by atoms with Crippen LogP contribution in [0, 0.1) is 0 Å². The normalized spacial score (nSPS) is 12.6. The second kappa shape index (κ2) is 7.44. The van der Waals surface area contributed by atoms with Gasteiger partial charge in [0.05, 0.1) is 0 Å².